The number of anilines is 1. The van der Waals surface area contributed by atoms with Crippen LogP contribution in [-0.2, 0) is 0 Å². The molecule has 6 N–H and O–H groups in total. The number of carbonyl (C=O) groups excluding carboxylic acids is 1. The number of hydrogen-bond donors (Lipinski definition) is 5. The highest BCUT2D eigenvalue weighted by Gasteiger charge is 2.24. The lowest BCUT2D eigenvalue weighted by molar-refractivity contribution is -0.713. The molecule has 0 aliphatic rings. The first-order chi connectivity index (χ1) is 11.0. The van der Waals surface area contributed by atoms with Gasteiger partial charge in [-0.1, -0.05) is 17.7 Å². The highest BCUT2D eigenvalue weighted by Crippen LogP contribution is 2.28. The Morgan fingerprint density at radius 2 is 1.87 bits per heavy atom. The maximum absolute atomic E-state index is 11.6. The normalized spacial score (nSPS) is 11.6. The smallest absolute Gasteiger partial charge is 0.321 e. The van der Waals surface area contributed by atoms with E-state index in [2.05, 4.69) is 5.32 Å². The van der Waals surface area contributed by atoms with Gasteiger partial charge in [-0.25, -0.2) is 0 Å². The van der Waals surface area contributed by atoms with Crippen LogP contribution in [0.25, 0.3) is 0 Å². The van der Waals surface area contributed by atoms with Crippen molar-refractivity contribution in [1.29, 1.82) is 0 Å². The van der Waals surface area contributed by atoms with Gasteiger partial charge < -0.3 is 10.9 Å². The molecule has 0 saturated heterocycles. The number of para-hydroxylation sites is 1. The second-order valence-electron chi connectivity index (χ2n) is 4.60. The Morgan fingerprint density at radius 1 is 1.22 bits per heavy atom. The number of nitrogens with two attached hydrogens (primary N) is 1. The molecule has 0 heterocycles. The van der Waals surface area contributed by atoms with E-state index in [4.69, 9.17) is 17.3 Å². The van der Waals surface area contributed by atoms with Gasteiger partial charge in [0, 0.05) is 5.02 Å². The molecule has 0 aromatic heterocycles. The fourth-order valence-electron chi connectivity index (χ4n) is 2.15. The van der Waals surface area contributed by atoms with E-state index in [1.165, 1.54) is 18.2 Å². The number of primary amides is 1. The molecule has 2 rings (SSSR count). The molecule has 8 heteroatoms. The summed E-state index contributed by atoms with van der Waals surface area (Å²) in [6.07, 6.45) is 0. The fourth-order valence-corrected chi connectivity index (χ4v) is 2.28. The standard InChI is InChI=1S/C15H15ClN4O3/c1-18-15(9-5-7-10(16)8-6-9)20(23)13-11(14(17)21)3-2-4-12(13)19-22/h2-8,19,22-23H,1H3,(H2,17,21)/p+1. The summed E-state index contributed by atoms with van der Waals surface area (Å²) >= 11 is 5.86. The summed E-state index contributed by atoms with van der Waals surface area (Å²) in [7, 11) is 1.60. The van der Waals surface area contributed by atoms with Crippen LogP contribution >= 0.6 is 11.6 Å². The van der Waals surface area contributed by atoms with Crippen molar-refractivity contribution in [2.24, 2.45) is 5.73 Å². The number of halogens is 1. The summed E-state index contributed by atoms with van der Waals surface area (Å²) in [6, 6.07) is 11.2. The lowest BCUT2D eigenvalue weighted by atomic mass is 10.1. The molecule has 0 aliphatic heterocycles. The quantitative estimate of drug-likeness (QED) is 0.193. The molecule has 0 bridgehead atoms. The van der Waals surface area contributed by atoms with Crippen molar-refractivity contribution in [2.75, 3.05) is 12.5 Å². The summed E-state index contributed by atoms with van der Waals surface area (Å²) in [6.45, 7) is 0. The first-order valence-electron chi connectivity index (χ1n) is 6.62. The fraction of sp³-hybridized carbons (Fsp3) is 0.0667. The van der Waals surface area contributed by atoms with Gasteiger partial charge in [0.2, 0.25) is 5.69 Å². The van der Waals surface area contributed by atoms with Crippen molar-refractivity contribution in [3.8, 4) is 0 Å². The minimum atomic E-state index is -0.747. The average Bonchev–Trinajstić information content (AvgIpc) is 2.56. The average molecular weight is 336 g/mol. The predicted molar refractivity (Wildman–Crippen MR) is 86.7 cm³/mol. The molecule has 0 saturated carbocycles. The Balaban J connectivity index is 2.71. The molecule has 2 aromatic carbocycles. The first kappa shape index (κ1) is 16.6. The third-order valence-corrected chi connectivity index (χ3v) is 3.45. The number of amidine groups is 1. The molecule has 1 amide bonds. The van der Waals surface area contributed by atoms with E-state index in [1.807, 2.05) is 5.48 Å². The lowest BCUT2D eigenvalue weighted by Crippen LogP contribution is -2.30. The van der Waals surface area contributed by atoms with Gasteiger partial charge in [-0.2, -0.15) is 0 Å². The van der Waals surface area contributed by atoms with E-state index >= 15 is 0 Å². The number of hydrogen-bond acceptors (Lipinski definition) is 4. The second-order valence-corrected chi connectivity index (χ2v) is 5.03. The van der Waals surface area contributed by atoms with Crippen LogP contribution in [0.4, 0.5) is 11.4 Å². The number of carbonyl (C=O) groups is 1. The van der Waals surface area contributed by atoms with E-state index in [1.54, 1.807) is 31.3 Å². The monoisotopic (exact) mass is 335 g/mol. The Bertz CT molecular complexity index is 760. The van der Waals surface area contributed by atoms with Gasteiger partial charge in [0.1, 0.15) is 5.69 Å². The van der Waals surface area contributed by atoms with Crippen molar-refractivity contribution in [3.05, 3.63) is 58.6 Å². The third-order valence-electron chi connectivity index (χ3n) is 3.20. The summed E-state index contributed by atoms with van der Waals surface area (Å²) in [5.41, 5.74) is 8.06. The molecule has 0 spiro atoms. The number of benzene rings is 2. The SMILES string of the molecule is CN/C(c1ccc(Cl)cc1)=[N+](/O)c1c(NO)cccc1C(N)=O. The van der Waals surface area contributed by atoms with Crippen LogP contribution in [0.1, 0.15) is 15.9 Å². The Hall–Kier alpha value is -2.77. The van der Waals surface area contributed by atoms with E-state index in [-0.39, 0.29) is 22.8 Å². The summed E-state index contributed by atoms with van der Waals surface area (Å²) in [5.74, 6) is -0.477. The molecule has 2 aromatic rings. The summed E-state index contributed by atoms with van der Waals surface area (Å²) in [4.78, 5) is 11.6. The van der Waals surface area contributed by atoms with Gasteiger partial charge in [-0.3, -0.25) is 20.8 Å². The summed E-state index contributed by atoms with van der Waals surface area (Å²) < 4.78 is 0.738. The molecule has 120 valence electrons. The minimum absolute atomic E-state index is 0.0156. The Morgan fingerprint density at radius 3 is 2.39 bits per heavy atom. The van der Waals surface area contributed by atoms with E-state index in [9.17, 15) is 15.2 Å². The summed E-state index contributed by atoms with van der Waals surface area (Å²) in [5, 5.41) is 23.2. The van der Waals surface area contributed by atoms with E-state index < -0.39 is 5.91 Å². The predicted octanol–water partition coefficient (Wildman–Crippen LogP) is 1.94. The van der Waals surface area contributed by atoms with Gasteiger partial charge in [-0.15, -0.1) is 0 Å². The van der Waals surface area contributed by atoms with Gasteiger partial charge in [0.25, 0.3) is 5.91 Å². The molecule has 0 aliphatic carbocycles. The number of nitrogens with zero attached hydrogens (tertiary/aromatic N) is 1. The molecule has 0 atom stereocenters. The van der Waals surface area contributed by atoms with E-state index in [0.717, 1.165) is 4.74 Å². The van der Waals surface area contributed by atoms with Crippen molar-refractivity contribution in [1.82, 2.24) is 5.32 Å². The van der Waals surface area contributed by atoms with Crippen LogP contribution in [0.2, 0.25) is 5.02 Å². The van der Waals surface area contributed by atoms with Gasteiger partial charge in [0.05, 0.1) is 18.2 Å². The number of amides is 1. The Labute approximate surface area is 137 Å². The molecular formula is C15H16ClN4O3+. The zero-order valence-corrected chi connectivity index (χ0v) is 13.0. The largest absolute Gasteiger partial charge is 0.365 e. The van der Waals surface area contributed by atoms with Crippen LogP contribution < -0.4 is 16.5 Å². The topological polar surface area (TPSA) is 111 Å². The van der Waals surface area contributed by atoms with Crippen molar-refractivity contribution in [2.45, 2.75) is 0 Å². The third kappa shape index (κ3) is 3.36. The molecule has 0 unspecified atom stereocenters. The maximum atomic E-state index is 11.6. The minimum Gasteiger partial charge on any atom is -0.365 e. The molecule has 0 radical (unpaired) electrons. The van der Waals surface area contributed by atoms with Crippen LogP contribution in [0.3, 0.4) is 0 Å². The van der Waals surface area contributed by atoms with Crippen LogP contribution in [0, 0.1) is 0 Å². The van der Waals surface area contributed by atoms with Crippen LogP contribution in [-0.4, -0.2) is 33.9 Å². The second kappa shape index (κ2) is 6.99. The van der Waals surface area contributed by atoms with Crippen molar-refractivity contribution >= 4 is 34.7 Å². The zero-order chi connectivity index (χ0) is 17.0. The number of nitrogens with one attached hydrogen (secondary N) is 2. The van der Waals surface area contributed by atoms with Gasteiger partial charge >= 0.3 is 5.84 Å². The lowest BCUT2D eigenvalue weighted by Gasteiger charge is -2.11. The van der Waals surface area contributed by atoms with E-state index in [0.29, 0.717) is 10.6 Å². The Kier molecular flexibility index (Phi) is 5.05. The highest BCUT2D eigenvalue weighted by molar-refractivity contribution is 6.30. The molecule has 7 nitrogen and oxygen atoms in total. The first-order valence-corrected chi connectivity index (χ1v) is 7.00. The molecule has 23 heavy (non-hydrogen) atoms. The molecule has 0 fully saturated rings. The van der Waals surface area contributed by atoms with Gasteiger partial charge in [-0.05, 0) is 41.1 Å². The highest BCUT2D eigenvalue weighted by atomic mass is 35.5. The van der Waals surface area contributed by atoms with Crippen molar-refractivity contribution < 1.29 is 19.9 Å². The zero-order valence-electron chi connectivity index (χ0n) is 12.2. The van der Waals surface area contributed by atoms with Crippen LogP contribution in [0.5, 0.6) is 0 Å². The molecular weight excluding hydrogens is 320 g/mol. The van der Waals surface area contributed by atoms with Crippen molar-refractivity contribution in [3.63, 3.8) is 0 Å². The van der Waals surface area contributed by atoms with Gasteiger partial charge in [0.15, 0.2) is 0 Å². The van der Waals surface area contributed by atoms with Crippen LogP contribution in [0.15, 0.2) is 42.5 Å². The maximum Gasteiger partial charge on any atom is 0.321 e. The number of rotatable bonds is 4.